The molecule has 1 rings (SSSR count). The number of amides is 2. The van der Waals surface area contributed by atoms with Gasteiger partial charge in [-0.1, -0.05) is 13.8 Å². The van der Waals surface area contributed by atoms with Crippen molar-refractivity contribution in [3.63, 3.8) is 0 Å². The van der Waals surface area contributed by atoms with Crippen LogP contribution in [-0.4, -0.2) is 64.5 Å². The number of hydrogen-bond acceptors (Lipinski definition) is 5. The molecule has 1 heterocycles. The third-order valence-corrected chi connectivity index (χ3v) is 4.67. The molecule has 0 saturated carbocycles. The molecule has 2 amide bonds. The highest BCUT2D eigenvalue weighted by molar-refractivity contribution is 7.98. The van der Waals surface area contributed by atoms with Crippen molar-refractivity contribution in [1.82, 2.24) is 10.2 Å². The molecule has 8 heteroatoms. The normalized spacial score (nSPS) is 20.4. The molecule has 0 bridgehead atoms. The van der Waals surface area contributed by atoms with Gasteiger partial charge in [0.25, 0.3) is 0 Å². The van der Waals surface area contributed by atoms with Crippen LogP contribution in [0.1, 0.15) is 33.1 Å². The van der Waals surface area contributed by atoms with Crippen molar-refractivity contribution in [2.45, 2.75) is 51.2 Å². The Labute approximate surface area is 141 Å². The van der Waals surface area contributed by atoms with E-state index in [4.69, 9.17) is 5.73 Å². The van der Waals surface area contributed by atoms with E-state index in [-0.39, 0.29) is 17.7 Å². The van der Waals surface area contributed by atoms with E-state index < -0.39 is 24.1 Å². The van der Waals surface area contributed by atoms with E-state index in [1.807, 2.05) is 20.1 Å². The summed E-state index contributed by atoms with van der Waals surface area (Å²) in [4.78, 5) is 37.5. The number of carboxylic acids is 1. The Morgan fingerprint density at radius 1 is 1.39 bits per heavy atom. The van der Waals surface area contributed by atoms with Crippen molar-refractivity contribution in [3.8, 4) is 0 Å². The molecule has 0 radical (unpaired) electrons. The summed E-state index contributed by atoms with van der Waals surface area (Å²) in [5, 5.41) is 11.9. The van der Waals surface area contributed by atoms with Crippen molar-refractivity contribution in [1.29, 1.82) is 0 Å². The summed E-state index contributed by atoms with van der Waals surface area (Å²) in [6.07, 6.45) is 3.58. The van der Waals surface area contributed by atoms with Gasteiger partial charge in [-0.05, 0) is 37.2 Å². The third kappa shape index (κ3) is 5.39. The second-order valence-corrected chi connectivity index (χ2v) is 7.13. The highest BCUT2D eigenvalue weighted by atomic mass is 32.2. The van der Waals surface area contributed by atoms with E-state index in [1.165, 1.54) is 4.90 Å². The zero-order valence-corrected chi connectivity index (χ0v) is 14.8. The van der Waals surface area contributed by atoms with Crippen LogP contribution in [-0.2, 0) is 14.4 Å². The van der Waals surface area contributed by atoms with Gasteiger partial charge in [0.15, 0.2) is 0 Å². The van der Waals surface area contributed by atoms with Gasteiger partial charge in [0.05, 0.1) is 6.04 Å². The Bertz CT molecular complexity index is 444. The predicted molar refractivity (Wildman–Crippen MR) is 90.1 cm³/mol. The van der Waals surface area contributed by atoms with Gasteiger partial charge in [-0.25, -0.2) is 4.79 Å². The lowest BCUT2D eigenvalue weighted by atomic mass is 10.0. The van der Waals surface area contributed by atoms with E-state index in [0.717, 1.165) is 5.75 Å². The van der Waals surface area contributed by atoms with Crippen molar-refractivity contribution < 1.29 is 19.5 Å². The molecule has 0 unspecified atom stereocenters. The van der Waals surface area contributed by atoms with Crippen LogP contribution >= 0.6 is 11.8 Å². The third-order valence-electron chi connectivity index (χ3n) is 4.02. The summed E-state index contributed by atoms with van der Waals surface area (Å²) in [7, 11) is 0. The Hall–Kier alpha value is -1.28. The van der Waals surface area contributed by atoms with Crippen molar-refractivity contribution >= 4 is 29.5 Å². The second kappa shape index (κ2) is 9.12. The van der Waals surface area contributed by atoms with Gasteiger partial charge in [0, 0.05) is 6.54 Å². The van der Waals surface area contributed by atoms with E-state index in [2.05, 4.69) is 5.32 Å². The molecular formula is C15H27N3O4S. The molecule has 132 valence electrons. The molecule has 7 nitrogen and oxygen atoms in total. The number of likely N-dealkylation sites (tertiary alicyclic amines) is 1. The van der Waals surface area contributed by atoms with Crippen LogP contribution in [0.3, 0.4) is 0 Å². The van der Waals surface area contributed by atoms with Crippen molar-refractivity contribution in [3.05, 3.63) is 0 Å². The molecule has 3 atom stereocenters. The molecule has 0 aliphatic carbocycles. The molecule has 1 fully saturated rings. The lowest BCUT2D eigenvalue weighted by Crippen LogP contribution is -2.56. The number of rotatable bonds is 8. The number of nitrogens with two attached hydrogens (primary N) is 1. The average molecular weight is 345 g/mol. The molecule has 0 aromatic carbocycles. The molecule has 0 spiro atoms. The van der Waals surface area contributed by atoms with Crippen LogP contribution in [0.25, 0.3) is 0 Å². The Morgan fingerprint density at radius 2 is 2.04 bits per heavy atom. The van der Waals surface area contributed by atoms with Crippen LogP contribution in [0, 0.1) is 5.92 Å². The van der Waals surface area contributed by atoms with Gasteiger partial charge in [0.2, 0.25) is 11.8 Å². The van der Waals surface area contributed by atoms with Crippen LogP contribution in [0.5, 0.6) is 0 Å². The van der Waals surface area contributed by atoms with Gasteiger partial charge in [-0.3, -0.25) is 9.59 Å². The van der Waals surface area contributed by atoms with E-state index in [1.54, 1.807) is 11.8 Å². The van der Waals surface area contributed by atoms with Gasteiger partial charge in [-0.2, -0.15) is 11.8 Å². The SMILES string of the molecule is CSCC[C@H](N)C(=O)N[C@H](C(=O)N1CCC[C@H]1C(=O)O)C(C)C. The minimum Gasteiger partial charge on any atom is -0.480 e. The molecule has 0 aromatic heterocycles. The molecule has 0 aromatic rings. The van der Waals surface area contributed by atoms with E-state index in [9.17, 15) is 19.5 Å². The summed E-state index contributed by atoms with van der Waals surface area (Å²) in [5.41, 5.74) is 5.84. The molecule has 23 heavy (non-hydrogen) atoms. The average Bonchev–Trinajstić information content (AvgIpc) is 2.98. The van der Waals surface area contributed by atoms with E-state index >= 15 is 0 Å². The smallest absolute Gasteiger partial charge is 0.326 e. The van der Waals surface area contributed by atoms with Crippen LogP contribution < -0.4 is 11.1 Å². The van der Waals surface area contributed by atoms with Gasteiger partial charge >= 0.3 is 5.97 Å². The quantitative estimate of drug-likeness (QED) is 0.582. The van der Waals surface area contributed by atoms with Crippen LogP contribution in [0.15, 0.2) is 0 Å². The van der Waals surface area contributed by atoms with Crippen LogP contribution in [0.2, 0.25) is 0 Å². The predicted octanol–water partition coefficient (Wildman–Crippen LogP) is 0.283. The molecule has 4 N–H and O–H groups in total. The number of carbonyl (C=O) groups excluding carboxylic acids is 2. The highest BCUT2D eigenvalue weighted by Gasteiger charge is 2.38. The summed E-state index contributed by atoms with van der Waals surface area (Å²) >= 11 is 1.60. The highest BCUT2D eigenvalue weighted by Crippen LogP contribution is 2.20. The number of nitrogens with zero attached hydrogens (tertiary/aromatic N) is 1. The minimum absolute atomic E-state index is 0.144. The number of aliphatic carboxylic acids is 1. The standard InChI is InChI=1S/C15H27N3O4S/c1-9(2)12(17-13(19)10(16)6-8-23-3)14(20)18-7-4-5-11(18)15(21)22/h9-12H,4-8,16H2,1-3H3,(H,17,19)(H,21,22)/t10-,11-,12-/m0/s1. The zero-order chi connectivity index (χ0) is 17.6. The fraction of sp³-hybridized carbons (Fsp3) is 0.800. The van der Waals surface area contributed by atoms with E-state index in [0.29, 0.717) is 25.8 Å². The lowest BCUT2D eigenvalue weighted by molar-refractivity contribution is -0.150. The first-order valence-corrected chi connectivity index (χ1v) is 9.27. The molecule has 1 aliphatic heterocycles. The maximum absolute atomic E-state index is 12.7. The summed E-state index contributed by atoms with van der Waals surface area (Å²) in [5.74, 6) is -1.08. The van der Waals surface area contributed by atoms with Gasteiger partial charge in [0.1, 0.15) is 12.1 Å². The number of thioether (sulfide) groups is 1. The topological polar surface area (TPSA) is 113 Å². The maximum Gasteiger partial charge on any atom is 0.326 e. The summed E-state index contributed by atoms with van der Waals surface area (Å²) < 4.78 is 0. The minimum atomic E-state index is -0.999. The number of nitrogens with one attached hydrogen (secondary N) is 1. The lowest BCUT2D eigenvalue weighted by Gasteiger charge is -2.30. The number of carboxylic acid groups (broad SMARTS) is 1. The second-order valence-electron chi connectivity index (χ2n) is 6.15. The van der Waals surface area contributed by atoms with Gasteiger partial charge in [-0.15, -0.1) is 0 Å². The molecule has 1 aliphatic rings. The first-order valence-electron chi connectivity index (χ1n) is 7.87. The maximum atomic E-state index is 12.7. The van der Waals surface area contributed by atoms with Gasteiger partial charge < -0.3 is 21.1 Å². The van der Waals surface area contributed by atoms with Crippen molar-refractivity contribution in [2.75, 3.05) is 18.6 Å². The number of hydrogen-bond donors (Lipinski definition) is 3. The Balaban J connectivity index is 2.76. The molecular weight excluding hydrogens is 318 g/mol. The Morgan fingerprint density at radius 3 is 2.57 bits per heavy atom. The molecule has 1 saturated heterocycles. The monoisotopic (exact) mass is 345 g/mol. The largest absolute Gasteiger partial charge is 0.480 e. The first-order chi connectivity index (χ1) is 10.8. The fourth-order valence-corrected chi connectivity index (χ4v) is 3.11. The fourth-order valence-electron chi connectivity index (χ4n) is 2.62. The number of carbonyl (C=O) groups is 3. The van der Waals surface area contributed by atoms with Crippen LogP contribution in [0.4, 0.5) is 0 Å². The summed E-state index contributed by atoms with van der Waals surface area (Å²) in [6.45, 7) is 4.05. The zero-order valence-electron chi connectivity index (χ0n) is 13.9. The summed E-state index contributed by atoms with van der Waals surface area (Å²) in [6, 6.07) is -2.21. The van der Waals surface area contributed by atoms with Crippen molar-refractivity contribution in [2.24, 2.45) is 11.7 Å². The first kappa shape index (κ1) is 19.8. The Kier molecular flexibility index (Phi) is 7.84.